The second kappa shape index (κ2) is 12.3. The topological polar surface area (TPSA) is 77.0 Å². The van der Waals surface area contributed by atoms with Crippen LogP contribution in [0.15, 0.2) is 4.99 Å². The number of rotatable bonds is 9. The highest BCUT2D eigenvalue weighted by Gasteiger charge is 2.31. The van der Waals surface area contributed by atoms with Crippen LogP contribution in [0.3, 0.4) is 0 Å². The molecule has 2 fully saturated rings. The molecular formula is C22H42N4O2. The molecule has 0 radical (unpaired) electrons. The Hall–Kier alpha value is -1.30. The molecule has 0 spiro atoms. The zero-order valence-corrected chi connectivity index (χ0v) is 18.3. The van der Waals surface area contributed by atoms with Crippen LogP contribution in [0.25, 0.3) is 0 Å². The maximum Gasteiger partial charge on any atom is 0.225 e. The first-order valence-electron chi connectivity index (χ1n) is 11.5. The number of likely N-dealkylation sites (tertiary alicyclic amines) is 1. The van der Waals surface area contributed by atoms with Gasteiger partial charge in [0.05, 0.1) is 0 Å². The van der Waals surface area contributed by atoms with E-state index in [-0.39, 0.29) is 18.6 Å². The van der Waals surface area contributed by atoms with Crippen LogP contribution in [-0.4, -0.2) is 60.7 Å². The van der Waals surface area contributed by atoms with Crippen LogP contribution in [-0.2, 0) is 4.79 Å². The Morgan fingerprint density at radius 2 is 1.96 bits per heavy atom. The van der Waals surface area contributed by atoms with Gasteiger partial charge in [0.25, 0.3) is 0 Å². The highest BCUT2D eigenvalue weighted by atomic mass is 16.3. The van der Waals surface area contributed by atoms with Crippen molar-refractivity contribution in [1.82, 2.24) is 15.5 Å². The Bertz CT molecular complexity index is 489. The van der Waals surface area contributed by atoms with Crippen molar-refractivity contribution < 1.29 is 9.90 Å². The molecule has 2 atom stereocenters. The van der Waals surface area contributed by atoms with Gasteiger partial charge in [0.1, 0.15) is 0 Å². The Kier molecular flexibility index (Phi) is 10.1. The van der Waals surface area contributed by atoms with Gasteiger partial charge in [-0.3, -0.25) is 9.79 Å². The van der Waals surface area contributed by atoms with Gasteiger partial charge in [-0.2, -0.15) is 0 Å². The van der Waals surface area contributed by atoms with Crippen LogP contribution in [0.4, 0.5) is 0 Å². The van der Waals surface area contributed by atoms with Gasteiger partial charge in [-0.25, -0.2) is 0 Å². The van der Waals surface area contributed by atoms with E-state index in [1.165, 1.54) is 19.3 Å². The molecule has 1 aliphatic heterocycles. The second-order valence-electron chi connectivity index (χ2n) is 8.98. The Balaban J connectivity index is 1.86. The summed E-state index contributed by atoms with van der Waals surface area (Å²) in [5, 5.41) is 16.2. The maximum atomic E-state index is 12.8. The number of carbonyl (C=O) groups is 1. The number of hydrogen-bond acceptors (Lipinski definition) is 3. The van der Waals surface area contributed by atoms with Crippen molar-refractivity contribution in [1.29, 1.82) is 0 Å². The summed E-state index contributed by atoms with van der Waals surface area (Å²) in [6, 6.07) is 0.270. The molecule has 162 valence electrons. The summed E-state index contributed by atoms with van der Waals surface area (Å²) >= 11 is 0. The minimum absolute atomic E-state index is 0.220. The predicted octanol–water partition coefficient (Wildman–Crippen LogP) is 2.77. The first-order valence-corrected chi connectivity index (χ1v) is 11.5. The SMILES string of the molecule is CCNC(=NCC(CCO)CC(C)C)NC1CCN(C(=O)C2CCCCC2)C1. The fraction of sp³-hybridized carbons (Fsp3) is 0.909. The summed E-state index contributed by atoms with van der Waals surface area (Å²) in [6.45, 7) is 9.91. The monoisotopic (exact) mass is 394 g/mol. The summed E-state index contributed by atoms with van der Waals surface area (Å²) in [5.74, 6) is 2.48. The molecule has 0 aromatic heterocycles. The van der Waals surface area contributed by atoms with Gasteiger partial charge in [0, 0.05) is 44.7 Å². The molecule has 0 bridgehead atoms. The van der Waals surface area contributed by atoms with Crippen LogP contribution >= 0.6 is 0 Å². The number of nitrogens with zero attached hydrogens (tertiary/aromatic N) is 2. The largest absolute Gasteiger partial charge is 0.396 e. The van der Waals surface area contributed by atoms with E-state index in [9.17, 15) is 9.90 Å². The number of aliphatic hydroxyl groups excluding tert-OH is 1. The molecule has 28 heavy (non-hydrogen) atoms. The lowest BCUT2D eigenvalue weighted by molar-refractivity contribution is -0.135. The van der Waals surface area contributed by atoms with Gasteiger partial charge < -0.3 is 20.6 Å². The fourth-order valence-corrected chi connectivity index (χ4v) is 4.55. The van der Waals surface area contributed by atoms with Crippen molar-refractivity contribution in [3.05, 3.63) is 0 Å². The second-order valence-corrected chi connectivity index (χ2v) is 8.98. The van der Waals surface area contributed by atoms with Gasteiger partial charge in [-0.15, -0.1) is 0 Å². The average molecular weight is 395 g/mol. The van der Waals surface area contributed by atoms with E-state index in [0.29, 0.717) is 17.7 Å². The summed E-state index contributed by atoms with van der Waals surface area (Å²) in [4.78, 5) is 19.6. The quantitative estimate of drug-likeness (QED) is 0.415. The van der Waals surface area contributed by atoms with Gasteiger partial charge in [0.15, 0.2) is 5.96 Å². The van der Waals surface area contributed by atoms with Crippen molar-refractivity contribution in [2.75, 3.05) is 32.8 Å². The van der Waals surface area contributed by atoms with E-state index in [1.54, 1.807) is 0 Å². The molecule has 1 heterocycles. The van der Waals surface area contributed by atoms with E-state index in [0.717, 1.165) is 64.2 Å². The first-order chi connectivity index (χ1) is 13.5. The zero-order valence-electron chi connectivity index (χ0n) is 18.3. The molecule has 2 unspecified atom stereocenters. The third-order valence-corrected chi connectivity index (χ3v) is 5.99. The lowest BCUT2D eigenvalue weighted by atomic mass is 9.88. The molecule has 6 heteroatoms. The third-order valence-electron chi connectivity index (χ3n) is 5.99. The molecule has 1 saturated carbocycles. The number of nitrogens with one attached hydrogen (secondary N) is 2. The molecule has 3 N–H and O–H groups in total. The van der Waals surface area contributed by atoms with Crippen LogP contribution in [0.1, 0.15) is 72.1 Å². The van der Waals surface area contributed by atoms with Crippen LogP contribution in [0, 0.1) is 17.8 Å². The lowest BCUT2D eigenvalue weighted by Crippen LogP contribution is -2.45. The Morgan fingerprint density at radius 1 is 1.21 bits per heavy atom. The number of guanidine groups is 1. The maximum absolute atomic E-state index is 12.8. The molecule has 1 aliphatic carbocycles. The molecule has 1 amide bonds. The van der Waals surface area contributed by atoms with Crippen molar-refractivity contribution in [3.8, 4) is 0 Å². The summed E-state index contributed by atoms with van der Waals surface area (Å²) < 4.78 is 0. The average Bonchev–Trinajstić information content (AvgIpc) is 3.14. The van der Waals surface area contributed by atoms with E-state index >= 15 is 0 Å². The third kappa shape index (κ3) is 7.61. The van der Waals surface area contributed by atoms with Gasteiger partial charge in [-0.1, -0.05) is 33.1 Å². The smallest absolute Gasteiger partial charge is 0.225 e. The predicted molar refractivity (Wildman–Crippen MR) is 115 cm³/mol. The van der Waals surface area contributed by atoms with Crippen molar-refractivity contribution in [2.24, 2.45) is 22.7 Å². The lowest BCUT2D eigenvalue weighted by Gasteiger charge is -2.26. The van der Waals surface area contributed by atoms with Crippen molar-refractivity contribution >= 4 is 11.9 Å². The van der Waals surface area contributed by atoms with Gasteiger partial charge >= 0.3 is 0 Å². The standard InChI is InChI=1S/C22H42N4O2/c1-4-23-22(24-15-18(11-13-27)14-17(2)3)25-20-10-12-26(16-20)21(28)19-8-6-5-7-9-19/h17-20,27H,4-16H2,1-3H3,(H2,23,24,25). The summed E-state index contributed by atoms with van der Waals surface area (Å²) in [6.07, 6.45) is 8.69. The van der Waals surface area contributed by atoms with Crippen molar-refractivity contribution in [3.63, 3.8) is 0 Å². The fourth-order valence-electron chi connectivity index (χ4n) is 4.55. The van der Waals surface area contributed by atoms with Crippen LogP contribution < -0.4 is 10.6 Å². The van der Waals surface area contributed by atoms with E-state index in [1.807, 2.05) is 0 Å². The van der Waals surface area contributed by atoms with Gasteiger partial charge in [0.2, 0.25) is 5.91 Å². The highest BCUT2D eigenvalue weighted by Crippen LogP contribution is 2.26. The highest BCUT2D eigenvalue weighted by molar-refractivity contribution is 5.81. The summed E-state index contributed by atoms with van der Waals surface area (Å²) in [7, 11) is 0. The minimum atomic E-state index is 0.220. The number of hydrogen-bond donors (Lipinski definition) is 3. The number of aliphatic imine (C=N–C) groups is 1. The zero-order chi connectivity index (χ0) is 20.4. The summed E-state index contributed by atoms with van der Waals surface area (Å²) in [5.41, 5.74) is 0. The number of aliphatic hydroxyl groups is 1. The molecule has 1 saturated heterocycles. The van der Waals surface area contributed by atoms with E-state index < -0.39 is 0 Å². The Morgan fingerprint density at radius 3 is 2.61 bits per heavy atom. The molecule has 0 aromatic rings. The molecule has 0 aromatic carbocycles. The molecule has 2 aliphatic rings. The van der Waals surface area contributed by atoms with E-state index in [4.69, 9.17) is 4.99 Å². The van der Waals surface area contributed by atoms with E-state index in [2.05, 4.69) is 36.3 Å². The first kappa shape index (κ1) is 23.0. The number of amides is 1. The molecule has 6 nitrogen and oxygen atoms in total. The Labute approximate surface area is 171 Å². The minimum Gasteiger partial charge on any atom is -0.396 e. The van der Waals surface area contributed by atoms with Gasteiger partial charge in [-0.05, 0) is 50.9 Å². The van der Waals surface area contributed by atoms with Crippen LogP contribution in [0.2, 0.25) is 0 Å². The van der Waals surface area contributed by atoms with Crippen LogP contribution in [0.5, 0.6) is 0 Å². The van der Waals surface area contributed by atoms with Crippen molar-refractivity contribution in [2.45, 2.75) is 78.2 Å². The normalized spacial score (nSPS) is 22.5. The molecule has 2 rings (SSSR count). The number of carbonyl (C=O) groups excluding carboxylic acids is 1. The molecular weight excluding hydrogens is 352 g/mol.